The quantitative estimate of drug-likeness (QED) is 0.305. The van der Waals surface area contributed by atoms with E-state index in [0.717, 1.165) is 15.5 Å². The lowest BCUT2D eigenvalue weighted by Gasteiger charge is -2.32. The molecule has 0 aliphatic heterocycles. The molecule has 4 aromatic rings. The summed E-state index contributed by atoms with van der Waals surface area (Å²) >= 11 is 1.48. The lowest BCUT2D eigenvalue weighted by Crippen LogP contribution is -2.40. The van der Waals surface area contributed by atoms with E-state index < -0.39 is 0 Å². The number of amides is 2. The summed E-state index contributed by atoms with van der Waals surface area (Å²) in [6.07, 6.45) is 0. The Balaban J connectivity index is 1.69. The van der Waals surface area contributed by atoms with E-state index in [9.17, 15) is 9.59 Å². The Morgan fingerprint density at radius 2 is 1.17 bits per heavy atom. The van der Waals surface area contributed by atoms with Gasteiger partial charge in [0.05, 0.1) is 19.2 Å². The summed E-state index contributed by atoms with van der Waals surface area (Å²) in [7, 11) is 1.63. The largest absolute Gasteiger partial charge is 0.487 e. The molecule has 0 bridgehead atoms. The zero-order valence-corrected chi connectivity index (χ0v) is 20.5. The van der Waals surface area contributed by atoms with Crippen LogP contribution in [0.4, 0.5) is 0 Å². The highest BCUT2D eigenvalue weighted by Crippen LogP contribution is 2.38. The van der Waals surface area contributed by atoms with Gasteiger partial charge in [-0.15, -0.1) is 11.3 Å². The molecule has 6 heteroatoms. The van der Waals surface area contributed by atoms with Gasteiger partial charge in [-0.05, 0) is 42.0 Å². The van der Waals surface area contributed by atoms with Crippen LogP contribution >= 0.6 is 11.3 Å². The van der Waals surface area contributed by atoms with E-state index in [2.05, 4.69) is 10.6 Å². The van der Waals surface area contributed by atoms with Crippen molar-refractivity contribution in [3.63, 3.8) is 0 Å². The third-order valence-electron chi connectivity index (χ3n) is 5.97. The molecule has 2 amide bonds. The lowest BCUT2D eigenvalue weighted by molar-refractivity contribution is 0.0893. The average molecular weight is 485 g/mol. The number of thiophene rings is 1. The Kier molecular flexibility index (Phi) is 7.95. The number of carbonyl (C=O) groups is 2. The second kappa shape index (κ2) is 11.5. The van der Waals surface area contributed by atoms with E-state index in [1.54, 1.807) is 31.4 Å². The fourth-order valence-electron chi connectivity index (χ4n) is 4.07. The van der Waals surface area contributed by atoms with Crippen LogP contribution in [0.2, 0.25) is 0 Å². The molecule has 5 nitrogen and oxygen atoms in total. The highest BCUT2D eigenvalue weighted by molar-refractivity contribution is 7.13. The predicted octanol–water partition coefficient (Wildman–Crippen LogP) is 6.04. The summed E-state index contributed by atoms with van der Waals surface area (Å²) in [6, 6.07) is 31.3. The topological polar surface area (TPSA) is 67.4 Å². The maximum absolute atomic E-state index is 13.2. The third kappa shape index (κ3) is 5.97. The Labute approximate surface area is 209 Å². The van der Waals surface area contributed by atoms with E-state index >= 15 is 0 Å². The van der Waals surface area contributed by atoms with Gasteiger partial charge in [-0.25, -0.2) is 0 Å². The van der Waals surface area contributed by atoms with Crippen LogP contribution in [0.25, 0.3) is 0 Å². The molecule has 0 unspecified atom stereocenters. The van der Waals surface area contributed by atoms with Gasteiger partial charge in [-0.2, -0.15) is 0 Å². The van der Waals surface area contributed by atoms with E-state index in [1.807, 2.05) is 85.8 Å². The average Bonchev–Trinajstić information content (AvgIpc) is 3.40. The number of ether oxygens (including phenoxy) is 1. The van der Waals surface area contributed by atoms with Gasteiger partial charge >= 0.3 is 0 Å². The van der Waals surface area contributed by atoms with Crippen LogP contribution in [0.5, 0.6) is 5.06 Å². The van der Waals surface area contributed by atoms with Crippen molar-refractivity contribution in [2.24, 2.45) is 5.92 Å². The van der Waals surface area contributed by atoms with Gasteiger partial charge in [0.2, 0.25) is 0 Å². The number of nitrogens with one attached hydrogen (secondary N) is 2. The minimum Gasteiger partial charge on any atom is -0.487 e. The summed E-state index contributed by atoms with van der Waals surface area (Å²) in [4.78, 5) is 27.3. The number of hydrogen-bond donors (Lipinski definition) is 2. The number of benzene rings is 3. The van der Waals surface area contributed by atoms with Crippen molar-refractivity contribution in [3.05, 3.63) is 125 Å². The van der Waals surface area contributed by atoms with Crippen LogP contribution in [-0.2, 0) is 0 Å². The van der Waals surface area contributed by atoms with Crippen LogP contribution in [-0.4, -0.2) is 18.9 Å². The maximum Gasteiger partial charge on any atom is 0.251 e. The smallest absolute Gasteiger partial charge is 0.251 e. The monoisotopic (exact) mass is 484 g/mol. The molecule has 2 N–H and O–H groups in total. The molecule has 0 saturated heterocycles. The standard InChI is InChI=1S/C29H28N2O3S/c1-20(26(21-12-6-3-7-13-21)30-28(32)22-14-8-4-9-15-22)27(24-18-19-25(34-2)35-24)31-29(33)23-16-10-5-11-17-23/h3-20,26-27H,1-2H3,(H,30,32)(H,31,33)/t20-,26+,27+/m0/s1. The van der Waals surface area contributed by atoms with Crippen molar-refractivity contribution < 1.29 is 14.3 Å². The minimum absolute atomic E-state index is 0.164. The molecule has 0 radical (unpaired) electrons. The molecule has 0 spiro atoms. The first kappa shape index (κ1) is 24.2. The summed E-state index contributed by atoms with van der Waals surface area (Å²) in [5, 5.41) is 7.19. The Morgan fingerprint density at radius 3 is 1.66 bits per heavy atom. The second-order valence-corrected chi connectivity index (χ2v) is 9.34. The first-order valence-corrected chi connectivity index (χ1v) is 12.3. The molecule has 0 aliphatic carbocycles. The Morgan fingerprint density at radius 1 is 0.686 bits per heavy atom. The first-order valence-electron chi connectivity index (χ1n) is 11.5. The second-order valence-electron chi connectivity index (χ2n) is 8.27. The predicted molar refractivity (Wildman–Crippen MR) is 140 cm³/mol. The van der Waals surface area contributed by atoms with Gasteiger partial charge in [0.25, 0.3) is 11.8 Å². The normalized spacial score (nSPS) is 13.3. The van der Waals surface area contributed by atoms with Gasteiger partial charge in [0, 0.05) is 21.9 Å². The van der Waals surface area contributed by atoms with Crippen molar-refractivity contribution in [2.75, 3.05) is 7.11 Å². The van der Waals surface area contributed by atoms with Gasteiger partial charge in [-0.3, -0.25) is 9.59 Å². The molecule has 35 heavy (non-hydrogen) atoms. The fourth-order valence-corrected chi connectivity index (χ4v) is 5.06. The van der Waals surface area contributed by atoms with Crippen molar-refractivity contribution in [3.8, 4) is 5.06 Å². The lowest BCUT2D eigenvalue weighted by atomic mass is 9.87. The molecule has 1 aromatic heterocycles. The molecule has 3 aromatic carbocycles. The zero-order valence-electron chi connectivity index (χ0n) is 19.7. The highest BCUT2D eigenvalue weighted by atomic mass is 32.1. The zero-order chi connectivity index (χ0) is 24.6. The first-order chi connectivity index (χ1) is 17.1. The summed E-state index contributed by atoms with van der Waals surface area (Å²) in [5.41, 5.74) is 2.13. The molecule has 178 valence electrons. The van der Waals surface area contributed by atoms with Crippen molar-refractivity contribution in [1.29, 1.82) is 0 Å². The van der Waals surface area contributed by atoms with Crippen LogP contribution in [0.15, 0.2) is 103 Å². The molecule has 0 saturated carbocycles. The van der Waals surface area contributed by atoms with Crippen molar-refractivity contribution in [2.45, 2.75) is 19.0 Å². The van der Waals surface area contributed by atoms with Crippen molar-refractivity contribution in [1.82, 2.24) is 10.6 Å². The fraction of sp³-hybridized carbons (Fsp3) is 0.172. The van der Waals surface area contributed by atoms with Crippen LogP contribution < -0.4 is 15.4 Å². The molecular weight excluding hydrogens is 456 g/mol. The van der Waals surface area contributed by atoms with Crippen molar-refractivity contribution >= 4 is 23.2 Å². The van der Waals surface area contributed by atoms with Crippen LogP contribution in [0, 0.1) is 5.92 Å². The van der Waals surface area contributed by atoms with Crippen LogP contribution in [0.1, 0.15) is 50.2 Å². The van der Waals surface area contributed by atoms with E-state index in [1.165, 1.54) is 11.3 Å². The summed E-state index contributed by atoms with van der Waals surface area (Å²) in [6.45, 7) is 2.05. The molecule has 3 atom stereocenters. The molecule has 1 heterocycles. The summed E-state index contributed by atoms with van der Waals surface area (Å²) in [5.74, 6) is -0.514. The highest BCUT2D eigenvalue weighted by Gasteiger charge is 2.32. The maximum atomic E-state index is 13.2. The summed E-state index contributed by atoms with van der Waals surface area (Å²) < 4.78 is 5.42. The van der Waals surface area contributed by atoms with Gasteiger partial charge < -0.3 is 15.4 Å². The number of rotatable bonds is 9. The van der Waals surface area contributed by atoms with E-state index in [0.29, 0.717) is 11.1 Å². The molecule has 0 fully saturated rings. The Hall–Kier alpha value is -3.90. The molecular formula is C29H28N2O3S. The van der Waals surface area contributed by atoms with E-state index in [4.69, 9.17) is 4.74 Å². The van der Waals surface area contributed by atoms with Crippen LogP contribution in [0.3, 0.4) is 0 Å². The molecule has 0 aliphatic rings. The number of carbonyl (C=O) groups excluding carboxylic acids is 2. The third-order valence-corrected chi connectivity index (χ3v) is 7.09. The number of hydrogen-bond acceptors (Lipinski definition) is 4. The Bertz CT molecular complexity index is 1240. The van der Waals surface area contributed by atoms with Gasteiger partial charge in [0.1, 0.15) is 0 Å². The van der Waals surface area contributed by atoms with Gasteiger partial charge in [0.15, 0.2) is 5.06 Å². The minimum atomic E-state index is -0.363. The molecule has 4 rings (SSSR count). The van der Waals surface area contributed by atoms with E-state index in [-0.39, 0.29) is 29.8 Å². The SMILES string of the molecule is COc1ccc([C@H](NC(=O)c2ccccc2)[C@@H](C)[C@@H](NC(=O)c2ccccc2)c2ccccc2)s1. The van der Waals surface area contributed by atoms with Gasteiger partial charge in [-0.1, -0.05) is 73.7 Å². The number of methoxy groups -OCH3 is 1.